The molecule has 2 fully saturated rings. The number of amides is 1. The van der Waals surface area contributed by atoms with Crippen molar-refractivity contribution in [2.45, 2.75) is 49.9 Å². The maximum Gasteiger partial charge on any atom is 0.227 e. The van der Waals surface area contributed by atoms with Crippen molar-refractivity contribution in [1.29, 1.82) is 0 Å². The summed E-state index contributed by atoms with van der Waals surface area (Å²) >= 11 is 0. The Morgan fingerprint density at radius 2 is 2.22 bits per heavy atom. The molecule has 0 radical (unpaired) electrons. The highest BCUT2D eigenvalue weighted by Crippen LogP contribution is 2.42. The zero-order valence-electron chi connectivity index (χ0n) is 13.1. The summed E-state index contributed by atoms with van der Waals surface area (Å²) in [6, 6.07) is 3.65. The third-order valence-corrected chi connectivity index (χ3v) is 5.26. The van der Waals surface area contributed by atoms with Crippen molar-refractivity contribution in [2.24, 2.45) is 0 Å². The topological polar surface area (TPSA) is 49.8 Å². The van der Waals surface area contributed by atoms with Crippen LogP contribution in [0.4, 0.5) is 8.78 Å². The number of nitrogens with zero attached hydrogens (tertiary/aromatic N) is 1. The molecule has 0 unspecified atom stereocenters. The SMILES string of the molecule is CO[C@@]12CC[C@@H](O)C[C@@H]1N(C(=O)Cc1cccc(F)c1F)CC2. The lowest BCUT2D eigenvalue weighted by Crippen LogP contribution is -2.53. The van der Waals surface area contributed by atoms with Gasteiger partial charge < -0.3 is 14.7 Å². The minimum atomic E-state index is -0.971. The van der Waals surface area contributed by atoms with Crippen LogP contribution >= 0.6 is 0 Å². The van der Waals surface area contributed by atoms with Crippen molar-refractivity contribution in [2.75, 3.05) is 13.7 Å². The second-order valence-electron chi connectivity index (χ2n) is 6.44. The van der Waals surface area contributed by atoms with Crippen LogP contribution in [0.15, 0.2) is 18.2 Å². The van der Waals surface area contributed by atoms with Crippen molar-refractivity contribution in [1.82, 2.24) is 4.90 Å². The number of ether oxygens (including phenoxy) is 1. The first-order valence-corrected chi connectivity index (χ1v) is 7.92. The highest BCUT2D eigenvalue weighted by Gasteiger charge is 2.52. The third-order valence-electron chi connectivity index (χ3n) is 5.26. The van der Waals surface area contributed by atoms with E-state index < -0.39 is 23.3 Å². The molecule has 1 saturated carbocycles. The van der Waals surface area contributed by atoms with Gasteiger partial charge in [-0.05, 0) is 31.7 Å². The van der Waals surface area contributed by atoms with Crippen LogP contribution < -0.4 is 0 Å². The molecule has 1 aromatic carbocycles. The number of carbonyl (C=O) groups is 1. The first-order chi connectivity index (χ1) is 11.0. The maximum atomic E-state index is 13.8. The molecule has 0 bridgehead atoms. The van der Waals surface area contributed by atoms with E-state index in [1.54, 1.807) is 12.0 Å². The van der Waals surface area contributed by atoms with Gasteiger partial charge in [0.05, 0.1) is 24.2 Å². The Morgan fingerprint density at radius 3 is 2.96 bits per heavy atom. The maximum absolute atomic E-state index is 13.8. The molecule has 1 aliphatic carbocycles. The number of benzene rings is 1. The van der Waals surface area contributed by atoms with E-state index in [9.17, 15) is 18.7 Å². The summed E-state index contributed by atoms with van der Waals surface area (Å²) in [5, 5.41) is 9.93. The number of aliphatic hydroxyl groups excluding tert-OH is 1. The van der Waals surface area contributed by atoms with Gasteiger partial charge in [-0.25, -0.2) is 8.78 Å². The molecular formula is C17H21F2NO3. The summed E-state index contributed by atoms with van der Waals surface area (Å²) in [7, 11) is 1.63. The fraction of sp³-hybridized carbons (Fsp3) is 0.588. The van der Waals surface area contributed by atoms with Gasteiger partial charge in [0.2, 0.25) is 5.91 Å². The Labute approximate surface area is 134 Å². The zero-order chi connectivity index (χ0) is 16.6. The van der Waals surface area contributed by atoms with Crippen LogP contribution in [0.1, 0.15) is 31.2 Å². The Bertz CT molecular complexity index is 610. The van der Waals surface area contributed by atoms with Crippen LogP contribution in [0.25, 0.3) is 0 Å². The predicted octanol–water partition coefficient (Wildman–Crippen LogP) is 2.04. The van der Waals surface area contributed by atoms with Gasteiger partial charge in [-0.1, -0.05) is 12.1 Å². The minimum absolute atomic E-state index is 0.0567. The van der Waals surface area contributed by atoms with Crippen LogP contribution in [0.3, 0.4) is 0 Å². The highest BCUT2D eigenvalue weighted by molar-refractivity contribution is 5.79. The molecule has 4 nitrogen and oxygen atoms in total. The molecule has 126 valence electrons. The van der Waals surface area contributed by atoms with Gasteiger partial charge in [-0.15, -0.1) is 0 Å². The van der Waals surface area contributed by atoms with Crippen LogP contribution in [0.2, 0.25) is 0 Å². The van der Waals surface area contributed by atoms with Crippen LogP contribution in [0, 0.1) is 11.6 Å². The first kappa shape index (κ1) is 16.3. The molecule has 3 rings (SSSR count). The van der Waals surface area contributed by atoms with E-state index in [4.69, 9.17) is 4.74 Å². The number of hydrogen-bond donors (Lipinski definition) is 1. The van der Waals surface area contributed by atoms with Crippen molar-refractivity contribution >= 4 is 5.91 Å². The van der Waals surface area contributed by atoms with Gasteiger partial charge in [0.15, 0.2) is 11.6 Å². The number of halogens is 2. The average molecular weight is 325 g/mol. The third kappa shape index (κ3) is 2.85. The number of methoxy groups -OCH3 is 1. The smallest absolute Gasteiger partial charge is 0.227 e. The van der Waals surface area contributed by atoms with Crippen LogP contribution in [-0.2, 0) is 16.0 Å². The van der Waals surface area contributed by atoms with E-state index in [0.29, 0.717) is 32.2 Å². The summed E-state index contributed by atoms with van der Waals surface area (Å²) in [5.41, 5.74) is -0.365. The quantitative estimate of drug-likeness (QED) is 0.925. The summed E-state index contributed by atoms with van der Waals surface area (Å²) in [4.78, 5) is 14.3. The normalized spacial score (nSPS) is 30.3. The summed E-state index contributed by atoms with van der Waals surface area (Å²) in [6.07, 6.45) is 1.89. The number of rotatable bonds is 3. The number of hydrogen-bond acceptors (Lipinski definition) is 3. The van der Waals surface area contributed by atoms with Gasteiger partial charge >= 0.3 is 0 Å². The summed E-state index contributed by atoms with van der Waals surface area (Å²) < 4.78 is 32.7. The highest BCUT2D eigenvalue weighted by atomic mass is 19.2. The predicted molar refractivity (Wildman–Crippen MR) is 79.8 cm³/mol. The molecule has 23 heavy (non-hydrogen) atoms. The Hall–Kier alpha value is -1.53. The van der Waals surface area contributed by atoms with Crippen molar-refractivity contribution < 1.29 is 23.4 Å². The molecular weight excluding hydrogens is 304 g/mol. The second-order valence-corrected chi connectivity index (χ2v) is 6.44. The molecule has 1 N–H and O–H groups in total. The van der Waals surface area contributed by atoms with E-state index in [1.807, 2.05) is 0 Å². The molecule has 0 spiro atoms. The standard InChI is InChI=1S/C17H21F2NO3/c1-23-17-6-5-12(21)10-14(17)20(8-7-17)15(22)9-11-3-2-4-13(18)16(11)19/h2-4,12,14,21H,5-10H2,1H3/t12-,14+,17-/m1/s1. The molecule has 6 heteroatoms. The lowest BCUT2D eigenvalue weighted by molar-refractivity contribution is -0.139. The van der Waals surface area contributed by atoms with Gasteiger partial charge in [-0.3, -0.25) is 4.79 Å². The van der Waals surface area contributed by atoms with Gasteiger partial charge in [0.1, 0.15) is 0 Å². The Kier molecular flexibility index (Phi) is 4.38. The lowest BCUT2D eigenvalue weighted by Gasteiger charge is -2.42. The number of fused-ring (bicyclic) bond motifs is 1. The lowest BCUT2D eigenvalue weighted by atomic mass is 9.79. The first-order valence-electron chi connectivity index (χ1n) is 7.92. The van der Waals surface area contributed by atoms with Gasteiger partial charge in [0.25, 0.3) is 0 Å². The zero-order valence-corrected chi connectivity index (χ0v) is 13.1. The van der Waals surface area contributed by atoms with Crippen molar-refractivity contribution in [3.63, 3.8) is 0 Å². The molecule has 1 amide bonds. The molecule has 3 atom stereocenters. The molecule has 1 saturated heterocycles. The van der Waals surface area contributed by atoms with E-state index in [-0.39, 0.29) is 23.9 Å². The van der Waals surface area contributed by atoms with Crippen molar-refractivity contribution in [3.8, 4) is 0 Å². The van der Waals surface area contributed by atoms with Crippen LogP contribution in [0.5, 0.6) is 0 Å². The summed E-state index contributed by atoms with van der Waals surface area (Å²) in [6.45, 7) is 0.515. The van der Waals surface area contributed by atoms with E-state index in [1.165, 1.54) is 12.1 Å². The van der Waals surface area contributed by atoms with Crippen LogP contribution in [-0.4, -0.2) is 47.3 Å². The van der Waals surface area contributed by atoms with E-state index >= 15 is 0 Å². The van der Waals surface area contributed by atoms with E-state index in [2.05, 4.69) is 0 Å². The second kappa shape index (κ2) is 6.17. The van der Waals surface area contributed by atoms with E-state index in [0.717, 1.165) is 6.07 Å². The molecule has 1 heterocycles. The largest absolute Gasteiger partial charge is 0.393 e. The monoisotopic (exact) mass is 325 g/mol. The Balaban J connectivity index is 1.78. The van der Waals surface area contributed by atoms with Crippen molar-refractivity contribution in [3.05, 3.63) is 35.4 Å². The molecule has 0 aromatic heterocycles. The summed E-state index contributed by atoms with van der Waals surface area (Å²) in [5.74, 6) is -2.18. The number of likely N-dealkylation sites (tertiary alicyclic amines) is 1. The average Bonchev–Trinajstić information content (AvgIpc) is 2.91. The Morgan fingerprint density at radius 1 is 1.43 bits per heavy atom. The molecule has 1 aliphatic heterocycles. The fourth-order valence-corrected chi connectivity index (χ4v) is 3.92. The molecule has 2 aliphatic rings. The van der Waals surface area contributed by atoms with Gasteiger partial charge in [0, 0.05) is 19.2 Å². The van der Waals surface area contributed by atoms with Gasteiger partial charge in [-0.2, -0.15) is 0 Å². The number of aliphatic hydroxyl groups is 1. The molecule has 1 aromatic rings. The minimum Gasteiger partial charge on any atom is -0.393 e. The number of carbonyl (C=O) groups excluding carboxylic acids is 1. The fourth-order valence-electron chi connectivity index (χ4n) is 3.92.